The van der Waals surface area contributed by atoms with Gasteiger partial charge in [0.1, 0.15) is 11.5 Å². The molecular weight excluding hydrogens is 366 g/mol. The Balaban J connectivity index is 1.67. The molecule has 3 atom stereocenters. The lowest BCUT2D eigenvalue weighted by Gasteiger charge is -2.24. The van der Waals surface area contributed by atoms with Gasteiger partial charge in [-0.3, -0.25) is 4.90 Å². The maximum atomic E-state index is 11.7. The average molecular weight is 388 g/mol. The van der Waals surface area contributed by atoms with Crippen molar-refractivity contribution >= 4 is 17.8 Å². The van der Waals surface area contributed by atoms with E-state index in [2.05, 4.69) is 11.0 Å². The highest BCUT2D eigenvalue weighted by atomic mass is 35.5. The number of carbonyl (C=O) groups is 1. The van der Waals surface area contributed by atoms with Crippen molar-refractivity contribution in [1.82, 2.24) is 4.90 Å². The molecule has 2 aromatic carbocycles. The molecular formula is C21H22ClNO4. The number of hydrogen-bond acceptors (Lipinski definition) is 5. The Labute approximate surface area is 163 Å². The van der Waals surface area contributed by atoms with Gasteiger partial charge in [-0.05, 0) is 43.7 Å². The van der Waals surface area contributed by atoms with Gasteiger partial charge in [0.25, 0.3) is 0 Å². The van der Waals surface area contributed by atoms with Gasteiger partial charge in [0.2, 0.25) is 0 Å². The molecule has 0 radical (unpaired) electrons. The maximum absolute atomic E-state index is 11.7. The number of benzene rings is 2. The van der Waals surface area contributed by atoms with Crippen molar-refractivity contribution in [2.45, 2.75) is 31.9 Å². The summed E-state index contributed by atoms with van der Waals surface area (Å²) in [6, 6.07) is 13.9. The highest BCUT2D eigenvalue weighted by molar-refractivity contribution is 6.30. The van der Waals surface area contributed by atoms with E-state index in [1.54, 1.807) is 6.92 Å². The number of rotatable bonds is 3. The fourth-order valence-electron chi connectivity index (χ4n) is 4.03. The Morgan fingerprint density at radius 1 is 1.19 bits per heavy atom. The maximum Gasteiger partial charge on any atom is 0.509 e. The Morgan fingerprint density at radius 3 is 2.67 bits per heavy atom. The predicted molar refractivity (Wildman–Crippen MR) is 103 cm³/mol. The summed E-state index contributed by atoms with van der Waals surface area (Å²) in [6.07, 6.45) is -1.00. The molecule has 2 aliphatic heterocycles. The van der Waals surface area contributed by atoms with Crippen LogP contribution in [0, 0.1) is 0 Å². The second-order valence-electron chi connectivity index (χ2n) is 6.89. The Bertz CT molecular complexity index is 856. The van der Waals surface area contributed by atoms with Crippen LogP contribution >= 0.6 is 11.6 Å². The number of ether oxygens (including phenoxy) is 3. The molecule has 2 heterocycles. The molecule has 0 N–H and O–H groups in total. The number of hydrogen-bond donors (Lipinski definition) is 0. The Kier molecular flexibility index (Phi) is 4.98. The van der Waals surface area contributed by atoms with E-state index in [-0.39, 0.29) is 18.1 Å². The molecule has 1 saturated heterocycles. The lowest BCUT2D eigenvalue weighted by atomic mass is 9.84. The number of halogens is 1. The zero-order valence-electron chi connectivity index (χ0n) is 15.4. The summed E-state index contributed by atoms with van der Waals surface area (Å²) in [5.74, 6) is 2.14. The van der Waals surface area contributed by atoms with E-state index in [4.69, 9.17) is 25.8 Å². The fourth-order valence-corrected chi connectivity index (χ4v) is 4.21. The lowest BCUT2D eigenvalue weighted by molar-refractivity contribution is -0.0292. The average Bonchev–Trinajstić information content (AvgIpc) is 3.04. The van der Waals surface area contributed by atoms with Crippen LogP contribution in [0.15, 0.2) is 42.5 Å². The number of fused-ring (bicyclic) bond motifs is 5. The predicted octanol–water partition coefficient (Wildman–Crippen LogP) is 5.15. The minimum atomic E-state index is -0.635. The SMILES string of the molecule is CCOC(=O)OC(C)N1CC2c3ccccc3Oc3ccc(Cl)cc3C2C1. The van der Waals surface area contributed by atoms with Gasteiger partial charge in [0.15, 0.2) is 6.23 Å². The Morgan fingerprint density at radius 2 is 1.89 bits per heavy atom. The van der Waals surface area contributed by atoms with Crippen LogP contribution in [0.2, 0.25) is 5.02 Å². The van der Waals surface area contributed by atoms with Crippen LogP contribution in [-0.4, -0.2) is 37.0 Å². The summed E-state index contributed by atoms with van der Waals surface area (Å²) in [4.78, 5) is 13.9. The van der Waals surface area contributed by atoms with Crippen molar-refractivity contribution in [2.24, 2.45) is 0 Å². The van der Waals surface area contributed by atoms with Crippen molar-refractivity contribution in [2.75, 3.05) is 19.7 Å². The van der Waals surface area contributed by atoms with Crippen LogP contribution in [0.1, 0.15) is 36.8 Å². The zero-order valence-corrected chi connectivity index (χ0v) is 16.1. The van der Waals surface area contributed by atoms with E-state index in [0.717, 1.165) is 30.2 Å². The number of para-hydroxylation sites is 1. The third-order valence-electron chi connectivity index (χ3n) is 5.30. The van der Waals surface area contributed by atoms with Gasteiger partial charge in [-0.1, -0.05) is 29.8 Å². The first-order chi connectivity index (χ1) is 13.1. The van der Waals surface area contributed by atoms with Crippen molar-refractivity contribution in [1.29, 1.82) is 0 Å². The molecule has 0 saturated carbocycles. The van der Waals surface area contributed by atoms with Gasteiger partial charge in [0.05, 0.1) is 6.61 Å². The molecule has 27 heavy (non-hydrogen) atoms. The van der Waals surface area contributed by atoms with Gasteiger partial charge < -0.3 is 14.2 Å². The Hall–Kier alpha value is -2.24. The quantitative estimate of drug-likeness (QED) is 0.682. The lowest BCUT2D eigenvalue weighted by Crippen LogP contribution is -2.35. The van der Waals surface area contributed by atoms with Crippen molar-refractivity contribution in [3.8, 4) is 11.5 Å². The van der Waals surface area contributed by atoms with Crippen LogP contribution in [0.4, 0.5) is 4.79 Å². The molecule has 0 bridgehead atoms. The van der Waals surface area contributed by atoms with E-state index in [9.17, 15) is 4.79 Å². The van der Waals surface area contributed by atoms with E-state index in [1.807, 2.05) is 43.3 Å². The summed E-state index contributed by atoms with van der Waals surface area (Å²) in [5, 5.41) is 0.691. The normalized spacial score (nSPS) is 21.9. The zero-order chi connectivity index (χ0) is 19.0. The molecule has 0 amide bonds. The molecule has 3 unspecified atom stereocenters. The fraction of sp³-hybridized carbons (Fsp3) is 0.381. The summed E-state index contributed by atoms with van der Waals surface area (Å²) < 4.78 is 16.5. The molecule has 0 aliphatic carbocycles. The van der Waals surface area contributed by atoms with E-state index in [0.29, 0.717) is 11.6 Å². The first-order valence-corrected chi connectivity index (χ1v) is 9.58. The highest BCUT2D eigenvalue weighted by Gasteiger charge is 2.42. The van der Waals surface area contributed by atoms with Gasteiger partial charge in [-0.2, -0.15) is 0 Å². The third kappa shape index (κ3) is 3.49. The van der Waals surface area contributed by atoms with Crippen LogP contribution in [0.25, 0.3) is 0 Å². The molecule has 1 fully saturated rings. The first-order valence-electron chi connectivity index (χ1n) is 9.20. The second-order valence-corrected chi connectivity index (χ2v) is 7.33. The minimum absolute atomic E-state index is 0.204. The molecule has 0 spiro atoms. The van der Waals surface area contributed by atoms with Crippen LogP contribution in [-0.2, 0) is 9.47 Å². The van der Waals surface area contributed by atoms with Crippen molar-refractivity contribution in [3.05, 3.63) is 58.6 Å². The summed E-state index contributed by atoms with van der Waals surface area (Å²) in [7, 11) is 0. The first kappa shape index (κ1) is 18.1. The molecule has 4 rings (SSSR count). The van der Waals surface area contributed by atoms with Crippen LogP contribution in [0.5, 0.6) is 11.5 Å². The topological polar surface area (TPSA) is 48.0 Å². The molecule has 2 aromatic rings. The molecule has 5 nitrogen and oxygen atoms in total. The number of carbonyl (C=O) groups excluding carboxylic acids is 1. The third-order valence-corrected chi connectivity index (χ3v) is 5.54. The van der Waals surface area contributed by atoms with Crippen LogP contribution < -0.4 is 4.74 Å². The number of likely N-dealkylation sites (tertiary alicyclic amines) is 1. The summed E-state index contributed by atoms with van der Waals surface area (Å²) in [6.45, 7) is 5.45. The molecule has 142 valence electrons. The van der Waals surface area contributed by atoms with E-state index >= 15 is 0 Å². The highest BCUT2D eigenvalue weighted by Crippen LogP contribution is 2.50. The van der Waals surface area contributed by atoms with Gasteiger partial charge in [0, 0.05) is 35.5 Å². The van der Waals surface area contributed by atoms with Crippen molar-refractivity contribution in [3.63, 3.8) is 0 Å². The summed E-state index contributed by atoms with van der Waals surface area (Å²) >= 11 is 6.28. The smallest absolute Gasteiger partial charge is 0.457 e. The standard InChI is InChI=1S/C21H22ClNO4/c1-3-25-21(24)26-13(2)23-11-17-15-6-4-5-7-19(15)27-20-9-8-14(22)10-16(20)18(17)12-23/h4-10,13,17-18H,3,11-12H2,1-2H3. The van der Waals surface area contributed by atoms with Crippen molar-refractivity contribution < 1.29 is 19.0 Å². The van der Waals surface area contributed by atoms with Gasteiger partial charge in [-0.25, -0.2) is 4.79 Å². The largest absolute Gasteiger partial charge is 0.509 e. The van der Waals surface area contributed by atoms with E-state index in [1.165, 1.54) is 5.56 Å². The monoisotopic (exact) mass is 387 g/mol. The van der Waals surface area contributed by atoms with Crippen LogP contribution in [0.3, 0.4) is 0 Å². The van der Waals surface area contributed by atoms with Gasteiger partial charge in [-0.15, -0.1) is 0 Å². The molecule has 0 aromatic heterocycles. The second kappa shape index (κ2) is 7.41. The number of nitrogens with zero attached hydrogens (tertiary/aromatic N) is 1. The molecule has 6 heteroatoms. The van der Waals surface area contributed by atoms with E-state index < -0.39 is 6.16 Å². The summed E-state index contributed by atoms with van der Waals surface area (Å²) in [5.41, 5.74) is 2.26. The minimum Gasteiger partial charge on any atom is -0.457 e. The van der Waals surface area contributed by atoms with Gasteiger partial charge >= 0.3 is 6.16 Å². The molecule has 2 aliphatic rings.